The Morgan fingerprint density at radius 2 is 1.96 bits per heavy atom. The molecule has 0 unspecified atom stereocenters. The molecule has 1 aromatic carbocycles. The molecule has 0 saturated carbocycles. The van der Waals surface area contributed by atoms with Gasteiger partial charge in [0.25, 0.3) is 0 Å². The third-order valence-electron chi connectivity index (χ3n) is 4.67. The van der Waals surface area contributed by atoms with Crippen molar-refractivity contribution < 1.29 is 0 Å². The highest BCUT2D eigenvalue weighted by Gasteiger charge is 2.29. The van der Waals surface area contributed by atoms with E-state index in [0.717, 1.165) is 12.8 Å². The molecule has 0 atom stereocenters. The van der Waals surface area contributed by atoms with Gasteiger partial charge in [-0.1, -0.05) is 35.3 Å². The summed E-state index contributed by atoms with van der Waals surface area (Å²) in [7, 11) is 0. The maximum Gasteiger partial charge on any atom is 0.184 e. The smallest absolute Gasteiger partial charge is 0.184 e. The van der Waals surface area contributed by atoms with E-state index in [4.69, 9.17) is 40.1 Å². The van der Waals surface area contributed by atoms with Gasteiger partial charge in [0.05, 0.1) is 15.8 Å². The van der Waals surface area contributed by atoms with Crippen LogP contribution in [0, 0.1) is 16.7 Å². The second kappa shape index (κ2) is 7.31. The highest BCUT2D eigenvalue weighted by atomic mass is 35.5. The Morgan fingerprint density at radius 1 is 1.30 bits per heavy atom. The number of halogens is 2. The van der Waals surface area contributed by atoms with Crippen LogP contribution in [0.5, 0.6) is 0 Å². The number of anilines is 2. The Labute approximate surface area is 167 Å². The molecule has 1 aliphatic heterocycles. The number of hydrogen-bond acceptors (Lipinski definition) is 7. The van der Waals surface area contributed by atoms with Gasteiger partial charge in [0.15, 0.2) is 17.3 Å². The first-order valence-electron chi connectivity index (χ1n) is 8.38. The molecule has 5 N–H and O–H groups in total. The van der Waals surface area contributed by atoms with Gasteiger partial charge < -0.3 is 16.4 Å². The highest BCUT2D eigenvalue weighted by molar-refractivity contribution is 6.44. The third kappa shape index (κ3) is 3.83. The van der Waals surface area contributed by atoms with Gasteiger partial charge in [-0.2, -0.15) is 5.26 Å². The van der Waals surface area contributed by atoms with Crippen LogP contribution >= 0.6 is 23.2 Å². The fourth-order valence-corrected chi connectivity index (χ4v) is 3.37. The summed E-state index contributed by atoms with van der Waals surface area (Å²) >= 11 is 12.2. The zero-order valence-electron chi connectivity index (χ0n) is 14.8. The normalized spacial score (nSPS) is 16.0. The molecule has 1 saturated heterocycles. The Kier molecular flexibility index (Phi) is 5.24. The average Bonchev–Trinajstić information content (AvgIpc) is 2.63. The van der Waals surface area contributed by atoms with Crippen LogP contribution in [0.15, 0.2) is 18.2 Å². The molecule has 1 aromatic heterocycles. The van der Waals surface area contributed by atoms with Crippen LogP contribution in [0.1, 0.15) is 36.7 Å². The molecular weight excluding hydrogens is 385 g/mol. The van der Waals surface area contributed by atoms with Crippen molar-refractivity contribution in [2.45, 2.75) is 25.3 Å². The Bertz CT molecular complexity index is 939. The first-order chi connectivity index (χ1) is 12.7. The number of nitrogens with one attached hydrogen (secondary N) is 1. The minimum absolute atomic E-state index is 0.0382. The van der Waals surface area contributed by atoms with Crippen molar-refractivity contribution in [1.82, 2.24) is 9.97 Å². The van der Waals surface area contributed by atoms with E-state index in [0.29, 0.717) is 29.5 Å². The van der Waals surface area contributed by atoms with E-state index < -0.39 is 0 Å². The van der Waals surface area contributed by atoms with E-state index in [9.17, 15) is 5.26 Å². The Balaban J connectivity index is 1.99. The van der Waals surface area contributed by atoms with Crippen molar-refractivity contribution in [2.75, 3.05) is 23.7 Å². The minimum Gasteiger partial charge on any atom is -0.382 e. The molecule has 0 aliphatic carbocycles. The van der Waals surface area contributed by atoms with Crippen LogP contribution in [0.25, 0.3) is 0 Å². The number of hydrogen-bond donors (Lipinski definition) is 3. The number of nitrogens with zero attached hydrogens (tertiary/aromatic N) is 4. The summed E-state index contributed by atoms with van der Waals surface area (Å²) in [6.45, 7) is 3.33. The molecule has 0 spiro atoms. The van der Waals surface area contributed by atoms with Crippen LogP contribution in [0.4, 0.5) is 11.6 Å². The maximum absolute atomic E-state index is 9.56. The number of nitrogens with two attached hydrogens (primary N) is 2. The third-order valence-corrected chi connectivity index (χ3v) is 5.49. The predicted molar refractivity (Wildman–Crippen MR) is 108 cm³/mol. The molecule has 7 nitrogen and oxygen atoms in total. The van der Waals surface area contributed by atoms with E-state index in [1.165, 1.54) is 0 Å². The fourth-order valence-electron chi connectivity index (χ4n) is 2.97. The molecule has 9 heteroatoms. The van der Waals surface area contributed by atoms with Gasteiger partial charge in [0.2, 0.25) is 0 Å². The molecule has 3 rings (SSSR count). The van der Waals surface area contributed by atoms with Gasteiger partial charge in [-0.05, 0) is 25.8 Å². The second-order valence-electron chi connectivity index (χ2n) is 6.86. The van der Waals surface area contributed by atoms with Crippen LogP contribution < -0.4 is 16.4 Å². The van der Waals surface area contributed by atoms with E-state index in [1.54, 1.807) is 18.2 Å². The zero-order chi connectivity index (χ0) is 19.8. The number of nitriles is 1. The molecule has 140 valence electrons. The summed E-state index contributed by atoms with van der Waals surface area (Å²) in [4.78, 5) is 10.6. The molecule has 0 amide bonds. The standard InChI is InChI=1S/C18H19Cl2N7/c1-18(24)5-7-27(8-6-18)17-12(9-21)25-15(16(23)26-17)14(22)10-3-2-4-11(19)13(10)20/h2-4,22H,5-8,24H2,1H3,(H2,23,26). The van der Waals surface area contributed by atoms with E-state index >= 15 is 0 Å². The van der Waals surface area contributed by atoms with Gasteiger partial charge in [-0.3, -0.25) is 5.41 Å². The molecule has 1 fully saturated rings. The van der Waals surface area contributed by atoms with Crippen molar-refractivity contribution in [1.29, 1.82) is 10.7 Å². The van der Waals surface area contributed by atoms with E-state index in [2.05, 4.69) is 16.0 Å². The van der Waals surface area contributed by atoms with Crippen LogP contribution in [-0.2, 0) is 0 Å². The average molecular weight is 404 g/mol. The highest BCUT2D eigenvalue weighted by Crippen LogP contribution is 2.30. The van der Waals surface area contributed by atoms with Gasteiger partial charge in [-0.15, -0.1) is 0 Å². The minimum atomic E-state index is -0.228. The van der Waals surface area contributed by atoms with Crippen LogP contribution in [0.3, 0.4) is 0 Å². The lowest BCUT2D eigenvalue weighted by Gasteiger charge is -2.37. The van der Waals surface area contributed by atoms with Gasteiger partial charge in [-0.25, -0.2) is 9.97 Å². The first-order valence-corrected chi connectivity index (χ1v) is 9.14. The van der Waals surface area contributed by atoms with Crippen molar-refractivity contribution in [3.63, 3.8) is 0 Å². The van der Waals surface area contributed by atoms with Crippen molar-refractivity contribution in [3.8, 4) is 6.07 Å². The molecule has 0 radical (unpaired) electrons. The van der Waals surface area contributed by atoms with Gasteiger partial charge >= 0.3 is 0 Å². The summed E-state index contributed by atoms with van der Waals surface area (Å²) in [5.74, 6) is 0.477. The number of nitrogen functional groups attached to an aromatic ring is 1. The number of aromatic nitrogens is 2. The van der Waals surface area contributed by atoms with Gasteiger partial charge in [0, 0.05) is 24.2 Å². The number of benzene rings is 1. The molecule has 0 bridgehead atoms. The lowest BCUT2D eigenvalue weighted by Crippen LogP contribution is -2.48. The molecule has 27 heavy (non-hydrogen) atoms. The summed E-state index contributed by atoms with van der Waals surface area (Å²) in [5.41, 5.74) is 12.6. The topological polar surface area (TPSA) is 129 Å². The van der Waals surface area contributed by atoms with Crippen molar-refractivity contribution in [3.05, 3.63) is 45.2 Å². The van der Waals surface area contributed by atoms with Crippen molar-refractivity contribution in [2.24, 2.45) is 5.73 Å². The summed E-state index contributed by atoms with van der Waals surface area (Å²) in [6, 6.07) is 7.00. The quantitative estimate of drug-likeness (QED) is 0.675. The van der Waals surface area contributed by atoms with Crippen LogP contribution in [0.2, 0.25) is 10.0 Å². The maximum atomic E-state index is 9.56. The summed E-state index contributed by atoms with van der Waals surface area (Å²) < 4.78 is 0. The van der Waals surface area contributed by atoms with Crippen molar-refractivity contribution >= 4 is 40.5 Å². The zero-order valence-corrected chi connectivity index (χ0v) is 16.3. The van der Waals surface area contributed by atoms with E-state index in [1.807, 2.05) is 11.8 Å². The largest absolute Gasteiger partial charge is 0.382 e. The Hall–Kier alpha value is -2.40. The lowest BCUT2D eigenvalue weighted by atomic mass is 9.91. The fraction of sp³-hybridized carbons (Fsp3) is 0.333. The number of rotatable bonds is 3. The Morgan fingerprint density at radius 3 is 2.59 bits per heavy atom. The lowest BCUT2D eigenvalue weighted by molar-refractivity contribution is 0.363. The monoisotopic (exact) mass is 403 g/mol. The molecule has 2 aromatic rings. The second-order valence-corrected chi connectivity index (χ2v) is 7.64. The van der Waals surface area contributed by atoms with Gasteiger partial charge in [0.1, 0.15) is 11.8 Å². The van der Waals surface area contributed by atoms with E-state index in [-0.39, 0.29) is 33.5 Å². The summed E-state index contributed by atoms with van der Waals surface area (Å²) in [6.07, 6.45) is 1.55. The SMILES string of the molecule is CC1(N)CCN(c2nc(N)c(C(=N)c3cccc(Cl)c3Cl)nc2C#N)CC1. The molecule has 1 aliphatic rings. The van der Waals surface area contributed by atoms with Crippen LogP contribution in [-0.4, -0.2) is 34.3 Å². The predicted octanol–water partition coefficient (Wildman–Crippen LogP) is 2.97. The summed E-state index contributed by atoms with van der Waals surface area (Å²) in [5, 5.41) is 18.5. The number of piperidine rings is 1. The molecule has 2 heterocycles. The molecular formula is C18H19Cl2N7. The first kappa shape index (κ1) is 19.4.